The second-order valence-electron chi connectivity index (χ2n) is 4.49. The number of aromatic nitrogens is 3. The number of para-hydroxylation sites is 3. The predicted octanol–water partition coefficient (Wildman–Crippen LogP) is 4.26. The molecule has 0 unspecified atom stereocenters. The van der Waals surface area contributed by atoms with Crippen LogP contribution >= 0.6 is 11.8 Å². The van der Waals surface area contributed by atoms with Gasteiger partial charge in [0.15, 0.2) is 5.16 Å². The first-order valence-corrected chi connectivity index (χ1v) is 7.18. The fourth-order valence-electron chi connectivity index (χ4n) is 2.24. The maximum atomic E-state index is 4.59. The topological polar surface area (TPSA) is 41.6 Å². The Kier molecular flexibility index (Phi) is 2.67. The van der Waals surface area contributed by atoms with Crippen molar-refractivity contribution in [3.05, 3.63) is 60.8 Å². The molecule has 3 nitrogen and oxygen atoms in total. The Bertz CT molecular complexity index is 860. The lowest BCUT2D eigenvalue weighted by Crippen LogP contribution is -1.82. The minimum Gasteiger partial charge on any atom is -0.333 e. The summed E-state index contributed by atoms with van der Waals surface area (Å²) in [6, 6.07) is 18.3. The molecule has 0 spiro atoms. The van der Waals surface area contributed by atoms with Crippen LogP contribution in [-0.4, -0.2) is 15.0 Å². The highest BCUT2D eigenvalue weighted by atomic mass is 32.2. The molecule has 0 atom stereocenters. The summed E-state index contributed by atoms with van der Waals surface area (Å²) in [7, 11) is 0. The van der Waals surface area contributed by atoms with Crippen molar-refractivity contribution in [1.29, 1.82) is 0 Å². The van der Waals surface area contributed by atoms with Gasteiger partial charge in [-0.15, -0.1) is 0 Å². The molecule has 4 aromatic rings. The quantitative estimate of drug-likeness (QED) is 0.595. The van der Waals surface area contributed by atoms with Crippen molar-refractivity contribution in [1.82, 2.24) is 15.0 Å². The number of rotatable bonds is 2. The van der Waals surface area contributed by atoms with Gasteiger partial charge < -0.3 is 4.98 Å². The Hall–Kier alpha value is -2.33. The van der Waals surface area contributed by atoms with Crippen LogP contribution in [0.15, 0.2) is 70.8 Å². The first-order valence-electron chi connectivity index (χ1n) is 6.36. The summed E-state index contributed by atoms with van der Waals surface area (Å²) in [5, 5.41) is 2.04. The highest BCUT2D eigenvalue weighted by Gasteiger charge is 2.07. The van der Waals surface area contributed by atoms with E-state index in [2.05, 4.69) is 39.2 Å². The van der Waals surface area contributed by atoms with Crippen LogP contribution in [0.1, 0.15) is 0 Å². The second-order valence-corrected chi connectivity index (χ2v) is 5.52. The van der Waals surface area contributed by atoms with Crippen molar-refractivity contribution in [2.45, 2.75) is 10.1 Å². The van der Waals surface area contributed by atoms with Crippen molar-refractivity contribution < 1.29 is 0 Å². The van der Waals surface area contributed by atoms with Crippen LogP contribution in [0.25, 0.3) is 21.9 Å². The molecule has 0 aliphatic carbocycles. The minimum atomic E-state index is 0.893. The van der Waals surface area contributed by atoms with E-state index in [-0.39, 0.29) is 0 Å². The number of hydrogen-bond acceptors (Lipinski definition) is 3. The predicted molar refractivity (Wildman–Crippen MR) is 82.0 cm³/mol. The van der Waals surface area contributed by atoms with Crippen LogP contribution in [0.5, 0.6) is 0 Å². The van der Waals surface area contributed by atoms with E-state index in [1.54, 1.807) is 11.8 Å². The van der Waals surface area contributed by atoms with E-state index in [1.807, 2.05) is 36.5 Å². The molecule has 96 valence electrons. The molecule has 0 aliphatic heterocycles. The third-order valence-corrected chi connectivity index (χ3v) is 4.11. The van der Waals surface area contributed by atoms with Crippen LogP contribution in [0.4, 0.5) is 0 Å². The summed E-state index contributed by atoms with van der Waals surface area (Å²) < 4.78 is 0. The number of nitrogens with zero attached hydrogens (tertiary/aromatic N) is 2. The summed E-state index contributed by atoms with van der Waals surface area (Å²) in [6.07, 6.45) is 1.82. The van der Waals surface area contributed by atoms with Gasteiger partial charge >= 0.3 is 0 Å². The Balaban J connectivity index is 1.80. The average Bonchev–Trinajstić information content (AvgIpc) is 2.90. The van der Waals surface area contributed by atoms with Crippen LogP contribution in [0, 0.1) is 0 Å². The molecular weight excluding hydrogens is 266 g/mol. The number of nitrogens with one attached hydrogen (secondary N) is 1. The number of pyridine rings is 1. The SMILES string of the molecule is c1cnc2c(Sc3nc4ccccc4[nH]3)cccc2c1. The van der Waals surface area contributed by atoms with Gasteiger partial charge in [0.25, 0.3) is 0 Å². The number of aromatic amines is 1. The summed E-state index contributed by atoms with van der Waals surface area (Å²) >= 11 is 1.61. The Morgan fingerprint density at radius 2 is 1.80 bits per heavy atom. The van der Waals surface area contributed by atoms with Crippen molar-refractivity contribution in [2.24, 2.45) is 0 Å². The molecule has 2 heterocycles. The molecule has 4 rings (SSSR count). The third kappa shape index (κ3) is 1.94. The van der Waals surface area contributed by atoms with Crippen LogP contribution in [-0.2, 0) is 0 Å². The summed E-state index contributed by atoms with van der Waals surface area (Å²) in [6.45, 7) is 0. The molecule has 0 aliphatic rings. The van der Waals surface area contributed by atoms with Gasteiger partial charge in [-0.05, 0) is 36.0 Å². The first kappa shape index (κ1) is 11.5. The lowest BCUT2D eigenvalue weighted by molar-refractivity contribution is 1.08. The van der Waals surface area contributed by atoms with E-state index in [0.29, 0.717) is 0 Å². The van der Waals surface area contributed by atoms with Crippen molar-refractivity contribution in [2.75, 3.05) is 0 Å². The second kappa shape index (κ2) is 4.65. The summed E-state index contributed by atoms with van der Waals surface area (Å²) in [5.74, 6) is 0. The van der Waals surface area contributed by atoms with Crippen molar-refractivity contribution >= 4 is 33.7 Å². The normalized spacial score (nSPS) is 11.2. The van der Waals surface area contributed by atoms with Crippen LogP contribution < -0.4 is 0 Å². The molecule has 0 amide bonds. The number of fused-ring (bicyclic) bond motifs is 2. The number of H-pyrrole nitrogens is 1. The molecule has 2 aromatic heterocycles. The largest absolute Gasteiger partial charge is 0.333 e. The standard InChI is InChI=1S/C16H11N3S/c1-2-8-13-12(7-1)18-16(19-13)20-14-9-3-5-11-6-4-10-17-15(11)14/h1-10H,(H,18,19). The van der Waals surface area contributed by atoms with E-state index >= 15 is 0 Å². The van der Waals surface area contributed by atoms with E-state index in [9.17, 15) is 0 Å². The number of hydrogen-bond donors (Lipinski definition) is 1. The van der Waals surface area contributed by atoms with Crippen molar-refractivity contribution in [3.63, 3.8) is 0 Å². The van der Waals surface area contributed by atoms with Crippen LogP contribution in [0.3, 0.4) is 0 Å². The van der Waals surface area contributed by atoms with Gasteiger partial charge in [0.2, 0.25) is 0 Å². The van der Waals surface area contributed by atoms with E-state index in [4.69, 9.17) is 0 Å². The van der Waals surface area contributed by atoms with E-state index in [1.165, 1.54) is 0 Å². The minimum absolute atomic E-state index is 0.893. The highest BCUT2D eigenvalue weighted by Crippen LogP contribution is 2.31. The molecule has 0 bridgehead atoms. The molecule has 0 fully saturated rings. The molecule has 0 saturated carbocycles. The molecule has 0 saturated heterocycles. The van der Waals surface area contributed by atoms with Gasteiger partial charge in [-0.1, -0.05) is 30.3 Å². The fourth-order valence-corrected chi connectivity index (χ4v) is 3.17. The molecule has 20 heavy (non-hydrogen) atoms. The van der Waals surface area contributed by atoms with Gasteiger partial charge in [-0.2, -0.15) is 0 Å². The zero-order valence-corrected chi connectivity index (χ0v) is 11.4. The molecule has 0 radical (unpaired) electrons. The maximum Gasteiger partial charge on any atom is 0.171 e. The zero-order valence-electron chi connectivity index (χ0n) is 10.6. The summed E-state index contributed by atoms with van der Waals surface area (Å²) in [5.41, 5.74) is 3.06. The molecule has 2 aromatic carbocycles. The van der Waals surface area contributed by atoms with Gasteiger partial charge in [0.1, 0.15) is 0 Å². The fraction of sp³-hybridized carbons (Fsp3) is 0. The number of imidazole rings is 1. The van der Waals surface area contributed by atoms with E-state index < -0.39 is 0 Å². The van der Waals surface area contributed by atoms with Crippen LogP contribution in [0.2, 0.25) is 0 Å². The van der Waals surface area contributed by atoms with Crippen molar-refractivity contribution in [3.8, 4) is 0 Å². The molecule has 1 N–H and O–H groups in total. The molecule has 4 heteroatoms. The van der Waals surface area contributed by atoms with Gasteiger partial charge in [0, 0.05) is 16.5 Å². The summed E-state index contributed by atoms with van der Waals surface area (Å²) in [4.78, 5) is 13.5. The monoisotopic (exact) mass is 277 g/mol. The maximum absolute atomic E-state index is 4.59. The zero-order chi connectivity index (χ0) is 13.4. The Morgan fingerprint density at radius 1 is 0.900 bits per heavy atom. The van der Waals surface area contributed by atoms with E-state index in [0.717, 1.165) is 32.0 Å². The third-order valence-electron chi connectivity index (χ3n) is 3.17. The van der Waals surface area contributed by atoms with Gasteiger partial charge in [-0.3, -0.25) is 4.98 Å². The Labute approximate surface area is 120 Å². The first-order chi connectivity index (χ1) is 9.90. The van der Waals surface area contributed by atoms with Gasteiger partial charge in [-0.25, -0.2) is 4.98 Å². The highest BCUT2D eigenvalue weighted by molar-refractivity contribution is 7.99. The lowest BCUT2D eigenvalue weighted by Gasteiger charge is -2.02. The average molecular weight is 277 g/mol. The number of benzene rings is 2. The lowest BCUT2D eigenvalue weighted by atomic mass is 10.2. The Morgan fingerprint density at radius 3 is 2.75 bits per heavy atom. The molecular formula is C16H11N3S. The van der Waals surface area contributed by atoms with Gasteiger partial charge in [0.05, 0.1) is 16.6 Å². The smallest absolute Gasteiger partial charge is 0.171 e.